The lowest BCUT2D eigenvalue weighted by molar-refractivity contribution is 0.413. The number of benzene rings is 2. The number of aromatic nitrogens is 4. The van der Waals surface area contributed by atoms with E-state index in [1.165, 1.54) is 0 Å². The van der Waals surface area contributed by atoms with Crippen LogP contribution in [0.5, 0.6) is 5.75 Å². The van der Waals surface area contributed by atoms with Crippen LogP contribution < -0.4 is 4.74 Å². The van der Waals surface area contributed by atoms with Crippen LogP contribution in [0.4, 0.5) is 13.2 Å². The van der Waals surface area contributed by atoms with Crippen LogP contribution in [-0.4, -0.2) is 32.7 Å². The lowest BCUT2D eigenvalue weighted by Crippen LogP contribution is -2.05. The molecule has 4 aromatic rings. The van der Waals surface area contributed by atoms with E-state index in [0.717, 1.165) is 29.1 Å². The Labute approximate surface area is 211 Å². The standard InChI is InChI=1S/C26H24ClF3N4O2/c1-16-14-34(15-31-16)22-8-6-17(11-23(22)35-2)7-9-24-32-33-26(36-24)19(5-3-4-10-27)18-12-20(28)25(30)21(29)13-18/h6-9,11-15,19H,3-5,10H2,1-2H3. The van der Waals surface area contributed by atoms with Gasteiger partial charge in [0.25, 0.3) is 0 Å². The van der Waals surface area contributed by atoms with Crippen molar-refractivity contribution in [1.29, 1.82) is 0 Å². The summed E-state index contributed by atoms with van der Waals surface area (Å²) < 4.78 is 54.5. The molecule has 0 aliphatic heterocycles. The van der Waals surface area contributed by atoms with E-state index in [2.05, 4.69) is 15.2 Å². The minimum Gasteiger partial charge on any atom is -0.495 e. The van der Waals surface area contributed by atoms with Gasteiger partial charge < -0.3 is 13.7 Å². The van der Waals surface area contributed by atoms with Crippen molar-refractivity contribution in [3.63, 3.8) is 0 Å². The van der Waals surface area contributed by atoms with Gasteiger partial charge in [0.1, 0.15) is 5.75 Å². The van der Waals surface area contributed by atoms with Crippen LogP contribution in [0.15, 0.2) is 47.3 Å². The van der Waals surface area contributed by atoms with Crippen molar-refractivity contribution in [1.82, 2.24) is 19.7 Å². The smallest absolute Gasteiger partial charge is 0.240 e. The van der Waals surface area contributed by atoms with Crippen LogP contribution in [-0.2, 0) is 0 Å². The second-order valence-electron chi connectivity index (χ2n) is 8.20. The van der Waals surface area contributed by atoms with E-state index < -0.39 is 23.4 Å². The normalized spacial score (nSPS) is 12.4. The molecule has 36 heavy (non-hydrogen) atoms. The first-order valence-electron chi connectivity index (χ1n) is 11.3. The number of aryl methyl sites for hydroxylation is 1. The Morgan fingerprint density at radius 2 is 1.86 bits per heavy atom. The number of halogens is 4. The molecule has 0 aliphatic rings. The maximum absolute atomic E-state index is 13.9. The van der Waals surface area contributed by atoms with Gasteiger partial charge >= 0.3 is 0 Å². The van der Waals surface area contributed by atoms with E-state index in [4.69, 9.17) is 20.8 Å². The van der Waals surface area contributed by atoms with Crippen LogP contribution >= 0.6 is 11.6 Å². The Balaban J connectivity index is 1.57. The van der Waals surface area contributed by atoms with E-state index in [0.29, 0.717) is 30.9 Å². The molecular weight excluding hydrogens is 493 g/mol. The Hall–Kier alpha value is -3.59. The SMILES string of the molecule is COc1cc(C=Cc2nnc(C(CCCCCl)c3cc(F)c(F)c(F)c3)o2)ccc1-n1cnc(C)c1. The molecule has 0 saturated heterocycles. The number of ether oxygens (including phenoxy) is 1. The molecule has 0 spiro atoms. The van der Waals surface area contributed by atoms with Gasteiger partial charge in [0, 0.05) is 18.2 Å². The maximum Gasteiger partial charge on any atom is 0.240 e. The molecule has 2 aromatic carbocycles. The molecule has 0 N–H and O–H groups in total. The fraction of sp³-hybridized carbons (Fsp3) is 0.269. The Bertz CT molecular complexity index is 1350. The highest BCUT2D eigenvalue weighted by atomic mass is 35.5. The molecule has 2 aromatic heterocycles. The van der Waals surface area contributed by atoms with Gasteiger partial charge in [-0.1, -0.05) is 12.5 Å². The number of alkyl halides is 1. The second-order valence-corrected chi connectivity index (χ2v) is 8.58. The summed E-state index contributed by atoms with van der Waals surface area (Å²) in [6, 6.07) is 7.58. The van der Waals surface area contributed by atoms with Crippen LogP contribution in [0.1, 0.15) is 53.8 Å². The minimum atomic E-state index is -1.52. The largest absolute Gasteiger partial charge is 0.495 e. The number of unbranched alkanes of at least 4 members (excludes halogenated alkanes) is 1. The van der Waals surface area contributed by atoms with Crippen molar-refractivity contribution >= 4 is 23.8 Å². The van der Waals surface area contributed by atoms with Gasteiger partial charge in [-0.05, 0) is 61.2 Å². The van der Waals surface area contributed by atoms with Crippen molar-refractivity contribution in [3.05, 3.63) is 88.9 Å². The summed E-state index contributed by atoms with van der Waals surface area (Å²) in [7, 11) is 1.59. The van der Waals surface area contributed by atoms with Crippen LogP contribution in [0.2, 0.25) is 0 Å². The van der Waals surface area contributed by atoms with E-state index in [1.54, 1.807) is 25.6 Å². The predicted molar refractivity (Wildman–Crippen MR) is 131 cm³/mol. The number of nitrogens with zero attached hydrogens (tertiary/aromatic N) is 4. The topological polar surface area (TPSA) is 66.0 Å². The van der Waals surface area contributed by atoms with E-state index in [1.807, 2.05) is 35.9 Å². The maximum atomic E-state index is 13.9. The van der Waals surface area contributed by atoms with Gasteiger partial charge in [0.15, 0.2) is 17.5 Å². The molecule has 1 unspecified atom stereocenters. The molecule has 10 heteroatoms. The second kappa shape index (κ2) is 11.4. The van der Waals surface area contributed by atoms with Gasteiger partial charge in [-0.3, -0.25) is 0 Å². The first kappa shape index (κ1) is 25.5. The zero-order chi connectivity index (χ0) is 25.7. The average Bonchev–Trinajstić information content (AvgIpc) is 3.52. The van der Waals surface area contributed by atoms with Crippen molar-refractivity contribution in [2.24, 2.45) is 0 Å². The lowest BCUT2D eigenvalue weighted by atomic mass is 9.93. The van der Waals surface area contributed by atoms with Crippen molar-refractivity contribution in [3.8, 4) is 11.4 Å². The minimum absolute atomic E-state index is 0.179. The number of imidazole rings is 1. The predicted octanol–water partition coefficient (Wildman–Crippen LogP) is 6.70. The summed E-state index contributed by atoms with van der Waals surface area (Å²) in [5.41, 5.74) is 2.78. The third-order valence-corrected chi connectivity index (χ3v) is 5.92. The quantitative estimate of drug-likeness (QED) is 0.133. The van der Waals surface area contributed by atoms with E-state index in [9.17, 15) is 13.2 Å². The van der Waals surface area contributed by atoms with Crippen molar-refractivity contribution < 1.29 is 22.3 Å². The van der Waals surface area contributed by atoms with Gasteiger partial charge in [0.05, 0.1) is 30.7 Å². The molecule has 0 saturated carbocycles. The first-order valence-corrected chi connectivity index (χ1v) is 11.8. The fourth-order valence-corrected chi connectivity index (χ4v) is 4.03. The van der Waals surface area contributed by atoms with Crippen LogP contribution in [0, 0.1) is 24.4 Å². The Morgan fingerprint density at radius 3 is 2.53 bits per heavy atom. The van der Waals surface area contributed by atoms with Crippen molar-refractivity contribution in [2.75, 3.05) is 13.0 Å². The zero-order valence-electron chi connectivity index (χ0n) is 19.7. The van der Waals surface area contributed by atoms with Crippen LogP contribution in [0.25, 0.3) is 17.8 Å². The molecular formula is C26H24ClF3N4O2. The highest BCUT2D eigenvalue weighted by Gasteiger charge is 2.23. The average molecular weight is 517 g/mol. The molecule has 0 bridgehead atoms. The summed E-state index contributed by atoms with van der Waals surface area (Å²) in [4.78, 5) is 4.24. The fourth-order valence-electron chi connectivity index (χ4n) is 3.84. The molecule has 0 radical (unpaired) electrons. The van der Waals surface area contributed by atoms with E-state index >= 15 is 0 Å². The highest BCUT2D eigenvalue weighted by Crippen LogP contribution is 2.31. The Morgan fingerprint density at radius 1 is 1.08 bits per heavy atom. The van der Waals surface area contributed by atoms with Crippen molar-refractivity contribution in [2.45, 2.75) is 32.1 Å². The summed E-state index contributed by atoms with van der Waals surface area (Å²) in [6.07, 6.45) is 8.83. The van der Waals surface area contributed by atoms with Gasteiger partial charge in [-0.25, -0.2) is 18.2 Å². The van der Waals surface area contributed by atoms with Gasteiger partial charge in [-0.15, -0.1) is 21.8 Å². The molecule has 0 fully saturated rings. The first-order chi connectivity index (χ1) is 17.4. The zero-order valence-corrected chi connectivity index (χ0v) is 20.5. The summed E-state index contributed by atoms with van der Waals surface area (Å²) in [5, 5.41) is 8.13. The molecule has 188 valence electrons. The number of hydrogen-bond donors (Lipinski definition) is 0. The number of methoxy groups -OCH3 is 1. The van der Waals surface area contributed by atoms with Crippen LogP contribution in [0.3, 0.4) is 0 Å². The molecule has 0 aliphatic carbocycles. The highest BCUT2D eigenvalue weighted by molar-refractivity contribution is 6.17. The molecule has 4 rings (SSSR count). The summed E-state index contributed by atoms with van der Waals surface area (Å²) in [6.45, 7) is 1.91. The third kappa shape index (κ3) is 5.79. The number of rotatable bonds is 10. The number of hydrogen-bond acceptors (Lipinski definition) is 5. The summed E-state index contributed by atoms with van der Waals surface area (Å²) >= 11 is 5.78. The lowest BCUT2D eigenvalue weighted by Gasteiger charge is -2.14. The molecule has 0 amide bonds. The molecule has 1 atom stereocenters. The van der Waals surface area contributed by atoms with Gasteiger partial charge in [0.2, 0.25) is 11.8 Å². The molecule has 2 heterocycles. The van der Waals surface area contributed by atoms with E-state index in [-0.39, 0.29) is 17.3 Å². The Kier molecular flexibility index (Phi) is 8.10. The summed E-state index contributed by atoms with van der Waals surface area (Å²) in [5.74, 6) is -3.17. The van der Waals surface area contributed by atoms with Gasteiger partial charge in [-0.2, -0.15) is 0 Å². The molecule has 6 nitrogen and oxygen atoms in total. The monoisotopic (exact) mass is 516 g/mol. The third-order valence-electron chi connectivity index (χ3n) is 5.65.